The monoisotopic (exact) mass is 301 g/mol. The number of fused-ring (bicyclic) bond motifs is 1. The molecule has 1 aliphatic rings. The predicted octanol–water partition coefficient (Wildman–Crippen LogP) is 3.99. The molecular weight excluding hydrogens is 286 g/mol. The van der Waals surface area contributed by atoms with E-state index in [0.717, 1.165) is 31.6 Å². The highest BCUT2D eigenvalue weighted by atomic mass is 35.5. The Labute approximate surface area is 128 Å². The Kier molecular flexibility index (Phi) is 3.84. The molecule has 0 atom stereocenters. The largest absolute Gasteiger partial charge is 0.478 e. The fraction of sp³-hybridized carbons (Fsp3) is 0.235. The maximum atomic E-state index is 11.0. The molecule has 0 bridgehead atoms. The van der Waals surface area contributed by atoms with Crippen molar-refractivity contribution in [2.45, 2.75) is 19.4 Å². The molecule has 0 aliphatic carbocycles. The first kappa shape index (κ1) is 14.0. The van der Waals surface area contributed by atoms with Gasteiger partial charge in [0.1, 0.15) is 0 Å². The number of carbonyl (C=O) groups is 1. The summed E-state index contributed by atoms with van der Waals surface area (Å²) >= 11 is 6.08. The van der Waals surface area contributed by atoms with Crippen LogP contribution in [0.4, 0.5) is 5.69 Å². The maximum Gasteiger partial charge on any atom is 0.337 e. The van der Waals surface area contributed by atoms with E-state index in [1.165, 1.54) is 11.1 Å². The first-order valence-corrected chi connectivity index (χ1v) is 7.37. The van der Waals surface area contributed by atoms with Crippen molar-refractivity contribution in [3.8, 4) is 0 Å². The van der Waals surface area contributed by atoms with E-state index in [9.17, 15) is 4.79 Å². The summed E-state index contributed by atoms with van der Waals surface area (Å²) in [4.78, 5) is 13.3. The second-order valence-electron chi connectivity index (χ2n) is 5.26. The topological polar surface area (TPSA) is 40.5 Å². The summed E-state index contributed by atoms with van der Waals surface area (Å²) in [6.07, 6.45) is 2.16. The van der Waals surface area contributed by atoms with Crippen LogP contribution < -0.4 is 4.90 Å². The third kappa shape index (κ3) is 2.88. The quantitative estimate of drug-likeness (QED) is 0.911. The number of benzene rings is 2. The Morgan fingerprint density at radius 1 is 1.14 bits per heavy atom. The minimum absolute atomic E-state index is 0.149. The molecule has 2 aromatic carbocycles. The van der Waals surface area contributed by atoms with Crippen molar-refractivity contribution in [1.82, 2.24) is 0 Å². The van der Waals surface area contributed by atoms with Crippen molar-refractivity contribution in [3.05, 3.63) is 64.2 Å². The highest BCUT2D eigenvalue weighted by molar-refractivity contribution is 6.33. The Morgan fingerprint density at radius 2 is 1.90 bits per heavy atom. The highest BCUT2D eigenvalue weighted by Gasteiger charge is 2.16. The highest BCUT2D eigenvalue weighted by Crippen LogP contribution is 2.28. The van der Waals surface area contributed by atoms with Gasteiger partial charge in [-0.15, -0.1) is 0 Å². The van der Waals surface area contributed by atoms with Gasteiger partial charge in [-0.2, -0.15) is 0 Å². The van der Waals surface area contributed by atoms with E-state index in [2.05, 4.69) is 29.2 Å². The molecule has 0 saturated heterocycles. The van der Waals surface area contributed by atoms with Crippen LogP contribution in [-0.4, -0.2) is 17.6 Å². The van der Waals surface area contributed by atoms with Gasteiger partial charge >= 0.3 is 5.97 Å². The molecular formula is C17H16ClNO2. The maximum absolute atomic E-state index is 11.0. The Morgan fingerprint density at radius 3 is 2.62 bits per heavy atom. The molecule has 3 rings (SSSR count). The number of rotatable bonds is 2. The van der Waals surface area contributed by atoms with Gasteiger partial charge in [0.2, 0.25) is 0 Å². The van der Waals surface area contributed by atoms with Crippen LogP contribution >= 0.6 is 11.6 Å². The van der Waals surface area contributed by atoms with Gasteiger partial charge in [0, 0.05) is 18.8 Å². The lowest BCUT2D eigenvalue weighted by Crippen LogP contribution is -2.22. The van der Waals surface area contributed by atoms with Gasteiger partial charge in [-0.25, -0.2) is 4.79 Å². The number of anilines is 1. The second kappa shape index (κ2) is 5.78. The summed E-state index contributed by atoms with van der Waals surface area (Å²) in [6, 6.07) is 13.6. The molecule has 1 aliphatic heterocycles. The SMILES string of the molecule is O=C(O)c1ccc(N2CCCc3ccccc3C2)cc1Cl. The zero-order valence-electron chi connectivity index (χ0n) is 11.6. The molecule has 3 nitrogen and oxygen atoms in total. The average Bonchev–Trinajstić information content (AvgIpc) is 2.68. The number of nitrogens with zero attached hydrogens (tertiary/aromatic N) is 1. The van der Waals surface area contributed by atoms with Crippen LogP contribution in [0.5, 0.6) is 0 Å². The molecule has 0 aromatic heterocycles. The number of carboxylic acid groups (broad SMARTS) is 1. The molecule has 0 unspecified atom stereocenters. The van der Waals surface area contributed by atoms with Gasteiger partial charge in [0.05, 0.1) is 10.6 Å². The Balaban J connectivity index is 1.91. The molecule has 2 aromatic rings. The summed E-state index contributed by atoms with van der Waals surface area (Å²) in [5, 5.41) is 9.33. The number of hydrogen-bond acceptors (Lipinski definition) is 2. The molecule has 0 radical (unpaired) electrons. The van der Waals surface area contributed by atoms with E-state index in [1.807, 2.05) is 6.07 Å². The van der Waals surface area contributed by atoms with Gasteiger partial charge in [0.25, 0.3) is 0 Å². The molecule has 1 N–H and O–H groups in total. The normalized spacial score (nSPS) is 14.4. The van der Waals surface area contributed by atoms with Crippen LogP contribution in [0.3, 0.4) is 0 Å². The summed E-state index contributed by atoms with van der Waals surface area (Å²) in [6.45, 7) is 1.77. The van der Waals surface area contributed by atoms with E-state index >= 15 is 0 Å². The van der Waals surface area contributed by atoms with Gasteiger partial charge in [-0.05, 0) is 42.2 Å². The molecule has 4 heteroatoms. The number of hydrogen-bond donors (Lipinski definition) is 1. The third-order valence-corrected chi connectivity index (χ3v) is 4.21. The van der Waals surface area contributed by atoms with Gasteiger partial charge in [0.15, 0.2) is 0 Å². The first-order chi connectivity index (χ1) is 10.1. The molecule has 1 heterocycles. The lowest BCUT2D eigenvalue weighted by molar-refractivity contribution is 0.0697. The fourth-order valence-corrected chi connectivity index (χ4v) is 3.05. The van der Waals surface area contributed by atoms with E-state index in [1.54, 1.807) is 12.1 Å². The van der Waals surface area contributed by atoms with Crippen LogP contribution in [0, 0.1) is 0 Å². The molecule has 0 saturated carbocycles. The van der Waals surface area contributed by atoms with Crippen molar-refractivity contribution in [3.63, 3.8) is 0 Å². The van der Waals surface area contributed by atoms with Crippen LogP contribution in [0.1, 0.15) is 27.9 Å². The average molecular weight is 302 g/mol. The van der Waals surface area contributed by atoms with Crippen molar-refractivity contribution in [2.75, 3.05) is 11.4 Å². The molecule has 0 spiro atoms. The van der Waals surface area contributed by atoms with Crippen LogP contribution in [-0.2, 0) is 13.0 Å². The van der Waals surface area contributed by atoms with E-state index in [-0.39, 0.29) is 10.6 Å². The van der Waals surface area contributed by atoms with E-state index in [4.69, 9.17) is 16.7 Å². The molecule has 21 heavy (non-hydrogen) atoms. The third-order valence-electron chi connectivity index (χ3n) is 3.90. The lowest BCUT2D eigenvalue weighted by atomic mass is 10.0. The number of carboxylic acids is 1. The molecule has 108 valence electrons. The smallest absolute Gasteiger partial charge is 0.337 e. The zero-order chi connectivity index (χ0) is 14.8. The summed E-state index contributed by atoms with van der Waals surface area (Å²) in [7, 11) is 0. The van der Waals surface area contributed by atoms with E-state index < -0.39 is 5.97 Å². The van der Waals surface area contributed by atoms with Gasteiger partial charge < -0.3 is 10.0 Å². The second-order valence-corrected chi connectivity index (χ2v) is 5.67. The van der Waals surface area contributed by atoms with Crippen molar-refractivity contribution >= 4 is 23.3 Å². The van der Waals surface area contributed by atoms with E-state index in [0.29, 0.717) is 0 Å². The number of aryl methyl sites for hydroxylation is 1. The minimum Gasteiger partial charge on any atom is -0.478 e. The van der Waals surface area contributed by atoms with Crippen LogP contribution in [0.15, 0.2) is 42.5 Å². The Bertz CT molecular complexity index is 684. The fourth-order valence-electron chi connectivity index (χ4n) is 2.80. The molecule has 0 amide bonds. The summed E-state index contributed by atoms with van der Waals surface area (Å²) in [5.74, 6) is -0.993. The van der Waals surface area contributed by atoms with Crippen LogP contribution in [0.2, 0.25) is 5.02 Å². The number of halogens is 1. The summed E-state index contributed by atoms with van der Waals surface area (Å²) < 4.78 is 0. The summed E-state index contributed by atoms with van der Waals surface area (Å²) in [5.41, 5.74) is 3.85. The lowest BCUT2D eigenvalue weighted by Gasteiger charge is -2.23. The van der Waals surface area contributed by atoms with Crippen LogP contribution in [0.25, 0.3) is 0 Å². The van der Waals surface area contributed by atoms with Crippen molar-refractivity contribution in [1.29, 1.82) is 0 Å². The predicted molar refractivity (Wildman–Crippen MR) is 84.2 cm³/mol. The zero-order valence-corrected chi connectivity index (χ0v) is 12.3. The van der Waals surface area contributed by atoms with Gasteiger partial charge in [-0.1, -0.05) is 35.9 Å². The van der Waals surface area contributed by atoms with Gasteiger partial charge in [-0.3, -0.25) is 0 Å². The number of aromatic carboxylic acids is 1. The molecule has 0 fully saturated rings. The van der Waals surface area contributed by atoms with Crippen molar-refractivity contribution < 1.29 is 9.90 Å². The Hall–Kier alpha value is -2.00. The van der Waals surface area contributed by atoms with Crippen molar-refractivity contribution in [2.24, 2.45) is 0 Å². The standard InChI is InChI=1S/C17H16ClNO2/c18-16-10-14(7-8-15(16)17(20)21)19-9-3-6-12-4-1-2-5-13(12)11-19/h1-2,4-5,7-8,10H,3,6,9,11H2,(H,20,21). The first-order valence-electron chi connectivity index (χ1n) is 7.00. The minimum atomic E-state index is -0.993.